The fraction of sp³-hybridized carbons (Fsp3) is 0.579. The van der Waals surface area contributed by atoms with Crippen molar-refractivity contribution in [3.05, 3.63) is 28.3 Å². The van der Waals surface area contributed by atoms with Gasteiger partial charge in [0.05, 0.1) is 0 Å². The lowest BCUT2D eigenvalue weighted by molar-refractivity contribution is 0.221. The van der Waals surface area contributed by atoms with Gasteiger partial charge in [-0.3, -0.25) is 0 Å². The van der Waals surface area contributed by atoms with Crippen molar-refractivity contribution in [3.63, 3.8) is 0 Å². The average Bonchev–Trinajstić information content (AvgIpc) is 3.42. The SMILES string of the molecule is CN1CCN(S(=O)(=O)c2nc(Nc3c4c(cc5c3CCC5)CCC4)n[nH]2)CC1. The maximum absolute atomic E-state index is 12.9. The lowest BCUT2D eigenvalue weighted by atomic mass is 9.99. The molecule has 28 heavy (non-hydrogen) atoms. The third-order valence-electron chi connectivity index (χ3n) is 6.22. The number of piperazine rings is 1. The smallest absolute Gasteiger partial charge is 0.278 e. The van der Waals surface area contributed by atoms with E-state index in [1.165, 1.54) is 39.4 Å². The maximum atomic E-state index is 12.9. The first-order valence-corrected chi connectivity index (χ1v) is 11.5. The van der Waals surface area contributed by atoms with Crippen LogP contribution >= 0.6 is 0 Å². The molecule has 1 aromatic heterocycles. The predicted molar refractivity (Wildman–Crippen MR) is 106 cm³/mol. The molecule has 0 unspecified atom stereocenters. The molecule has 0 atom stereocenters. The van der Waals surface area contributed by atoms with Gasteiger partial charge in [-0.15, -0.1) is 5.10 Å². The standard InChI is InChI=1S/C19H26N6O2S/c1-24-8-10-25(11-9-24)28(26,27)19-21-18(22-23-19)20-17-15-6-2-4-13(15)12-14-5-3-7-16(14)17/h12H,2-11H2,1H3,(H2,20,21,22,23). The van der Waals surface area contributed by atoms with Crippen LogP contribution in [0, 0.1) is 0 Å². The molecule has 0 saturated carbocycles. The van der Waals surface area contributed by atoms with Crippen molar-refractivity contribution in [2.24, 2.45) is 0 Å². The van der Waals surface area contributed by atoms with Crippen molar-refractivity contribution in [1.82, 2.24) is 24.4 Å². The second-order valence-electron chi connectivity index (χ2n) is 8.03. The average molecular weight is 403 g/mol. The normalized spacial score (nSPS) is 20.3. The van der Waals surface area contributed by atoms with E-state index in [0.717, 1.165) is 44.5 Å². The Morgan fingerprint density at radius 1 is 1.00 bits per heavy atom. The van der Waals surface area contributed by atoms with E-state index < -0.39 is 10.0 Å². The van der Waals surface area contributed by atoms with Crippen molar-refractivity contribution < 1.29 is 8.42 Å². The number of benzene rings is 1. The summed E-state index contributed by atoms with van der Waals surface area (Å²) in [5.74, 6) is 0.335. The van der Waals surface area contributed by atoms with Crippen molar-refractivity contribution in [2.75, 3.05) is 38.5 Å². The summed E-state index contributed by atoms with van der Waals surface area (Å²) < 4.78 is 27.2. The van der Waals surface area contributed by atoms with Crippen LogP contribution in [-0.2, 0) is 35.7 Å². The molecule has 9 heteroatoms. The number of hydrogen-bond acceptors (Lipinski definition) is 6. The van der Waals surface area contributed by atoms with Crippen LogP contribution in [0.15, 0.2) is 11.2 Å². The van der Waals surface area contributed by atoms with E-state index in [2.05, 4.69) is 31.5 Å². The highest BCUT2D eigenvalue weighted by atomic mass is 32.2. The fourth-order valence-electron chi connectivity index (χ4n) is 4.65. The van der Waals surface area contributed by atoms with Crippen LogP contribution in [0.2, 0.25) is 0 Å². The molecule has 0 bridgehead atoms. The second-order valence-corrected chi connectivity index (χ2v) is 9.88. The number of likely N-dealkylation sites (N-methyl/N-ethyl adjacent to an activating group) is 1. The Morgan fingerprint density at radius 2 is 1.64 bits per heavy atom. The highest BCUT2D eigenvalue weighted by Crippen LogP contribution is 2.39. The Balaban J connectivity index is 1.43. The largest absolute Gasteiger partial charge is 0.322 e. The van der Waals surface area contributed by atoms with Crippen LogP contribution in [0.4, 0.5) is 11.6 Å². The van der Waals surface area contributed by atoms with Crippen LogP contribution in [0.1, 0.15) is 35.1 Å². The van der Waals surface area contributed by atoms with Crippen LogP contribution in [0.3, 0.4) is 0 Å². The van der Waals surface area contributed by atoms with Crippen molar-refractivity contribution in [1.29, 1.82) is 0 Å². The molecule has 1 saturated heterocycles. The summed E-state index contributed by atoms with van der Waals surface area (Å²) in [6, 6.07) is 2.37. The molecular weight excluding hydrogens is 376 g/mol. The summed E-state index contributed by atoms with van der Waals surface area (Å²) in [7, 11) is -1.65. The molecule has 8 nitrogen and oxygen atoms in total. The van der Waals surface area contributed by atoms with E-state index in [-0.39, 0.29) is 5.16 Å². The number of aromatic nitrogens is 3. The lowest BCUT2D eigenvalue weighted by Crippen LogP contribution is -2.47. The molecule has 2 N–H and O–H groups in total. The molecular formula is C19H26N6O2S. The Morgan fingerprint density at radius 3 is 2.29 bits per heavy atom. The summed E-state index contributed by atoms with van der Waals surface area (Å²) in [6.07, 6.45) is 6.69. The first kappa shape index (κ1) is 18.1. The van der Waals surface area contributed by atoms with Gasteiger partial charge in [-0.2, -0.15) is 9.29 Å². The zero-order valence-electron chi connectivity index (χ0n) is 16.2. The van der Waals surface area contributed by atoms with Gasteiger partial charge in [0.2, 0.25) is 5.95 Å². The van der Waals surface area contributed by atoms with Crippen LogP contribution in [0.5, 0.6) is 0 Å². The minimum Gasteiger partial charge on any atom is -0.322 e. The van der Waals surface area contributed by atoms with Crippen molar-refractivity contribution >= 4 is 21.7 Å². The van der Waals surface area contributed by atoms with E-state index >= 15 is 0 Å². The number of anilines is 2. The molecule has 3 aliphatic rings. The first-order valence-electron chi connectivity index (χ1n) is 10.1. The molecule has 2 aliphatic carbocycles. The maximum Gasteiger partial charge on any atom is 0.278 e. The summed E-state index contributed by atoms with van der Waals surface area (Å²) in [5, 5.41) is 10.1. The number of rotatable bonds is 4. The van der Waals surface area contributed by atoms with Crippen LogP contribution < -0.4 is 5.32 Å². The number of aryl methyl sites for hydroxylation is 2. The van der Waals surface area contributed by atoms with E-state index in [1.807, 2.05) is 7.05 Å². The van der Waals surface area contributed by atoms with Crippen LogP contribution in [-0.4, -0.2) is 66.0 Å². The van der Waals surface area contributed by atoms with E-state index in [0.29, 0.717) is 19.0 Å². The summed E-state index contributed by atoms with van der Waals surface area (Å²) in [5.41, 5.74) is 6.67. The van der Waals surface area contributed by atoms with Gasteiger partial charge in [-0.05, 0) is 67.8 Å². The van der Waals surface area contributed by atoms with Gasteiger partial charge in [0, 0.05) is 31.9 Å². The Labute approximate surface area is 165 Å². The molecule has 0 radical (unpaired) electrons. The van der Waals surface area contributed by atoms with E-state index in [1.54, 1.807) is 0 Å². The third-order valence-corrected chi connectivity index (χ3v) is 7.94. The Bertz CT molecular complexity index is 975. The Kier molecular flexibility index (Phi) is 4.41. The number of nitrogens with one attached hydrogen (secondary N) is 2. The number of aromatic amines is 1. The number of fused-ring (bicyclic) bond motifs is 2. The second kappa shape index (κ2) is 6.82. The molecule has 0 spiro atoms. The first-order chi connectivity index (χ1) is 13.5. The van der Waals surface area contributed by atoms with Gasteiger partial charge in [0.1, 0.15) is 0 Å². The Hall–Kier alpha value is -1.97. The molecule has 5 rings (SSSR count). The van der Waals surface area contributed by atoms with Crippen molar-refractivity contribution in [3.8, 4) is 0 Å². The highest BCUT2D eigenvalue weighted by Gasteiger charge is 2.31. The van der Waals surface area contributed by atoms with Gasteiger partial charge < -0.3 is 10.2 Å². The van der Waals surface area contributed by atoms with Gasteiger partial charge in [0.25, 0.3) is 15.2 Å². The fourth-order valence-corrected chi connectivity index (χ4v) is 5.90. The van der Waals surface area contributed by atoms with Crippen LogP contribution in [0.25, 0.3) is 0 Å². The minimum atomic E-state index is -3.64. The summed E-state index contributed by atoms with van der Waals surface area (Å²) in [6.45, 7) is 2.39. The zero-order valence-corrected chi connectivity index (χ0v) is 17.0. The van der Waals surface area contributed by atoms with Gasteiger partial charge >= 0.3 is 0 Å². The lowest BCUT2D eigenvalue weighted by Gasteiger charge is -2.30. The number of nitrogens with zero attached hydrogens (tertiary/aromatic N) is 4. The number of hydrogen-bond donors (Lipinski definition) is 2. The van der Waals surface area contributed by atoms with Crippen molar-refractivity contribution in [2.45, 2.75) is 43.7 Å². The summed E-state index contributed by atoms with van der Waals surface area (Å²) in [4.78, 5) is 6.42. The molecule has 1 aliphatic heterocycles. The van der Waals surface area contributed by atoms with Gasteiger partial charge in [-0.1, -0.05) is 6.07 Å². The molecule has 1 aromatic carbocycles. The molecule has 2 heterocycles. The summed E-state index contributed by atoms with van der Waals surface area (Å²) >= 11 is 0. The number of H-pyrrole nitrogens is 1. The minimum absolute atomic E-state index is 0.0798. The van der Waals surface area contributed by atoms with E-state index in [4.69, 9.17) is 0 Å². The molecule has 150 valence electrons. The topological polar surface area (TPSA) is 94.2 Å². The number of sulfonamides is 1. The zero-order chi connectivity index (χ0) is 19.3. The third kappa shape index (κ3) is 3.01. The molecule has 0 amide bonds. The quantitative estimate of drug-likeness (QED) is 0.804. The molecule has 1 fully saturated rings. The molecule has 2 aromatic rings. The predicted octanol–water partition coefficient (Wildman–Crippen LogP) is 1.46. The van der Waals surface area contributed by atoms with Gasteiger partial charge in [-0.25, -0.2) is 13.5 Å². The van der Waals surface area contributed by atoms with E-state index in [9.17, 15) is 8.42 Å². The highest BCUT2D eigenvalue weighted by molar-refractivity contribution is 7.88. The van der Waals surface area contributed by atoms with Gasteiger partial charge in [0.15, 0.2) is 0 Å². The monoisotopic (exact) mass is 402 g/mol.